The molecule has 5 rings (SSSR count). The molecule has 1 aromatic heterocycles. The van der Waals surface area contributed by atoms with Gasteiger partial charge >= 0.3 is 0 Å². The maximum Gasteiger partial charge on any atom is 0.232 e. The zero-order valence-corrected chi connectivity index (χ0v) is 22.0. The molecule has 1 atom stereocenters. The summed E-state index contributed by atoms with van der Waals surface area (Å²) in [5, 5.41) is 7.50. The Balaban J connectivity index is 1.32. The van der Waals surface area contributed by atoms with E-state index in [0.29, 0.717) is 17.1 Å². The first-order chi connectivity index (χ1) is 17.1. The highest BCUT2D eigenvalue weighted by Crippen LogP contribution is 2.40. The summed E-state index contributed by atoms with van der Waals surface area (Å²) in [7, 11) is 0. The fourth-order valence-corrected chi connectivity index (χ4v) is 6.32. The fraction of sp³-hybridized carbons (Fsp3) is 0.607. The molecule has 3 heterocycles. The second-order valence-electron chi connectivity index (χ2n) is 10.7. The van der Waals surface area contributed by atoms with Gasteiger partial charge in [-0.05, 0) is 76.1 Å². The van der Waals surface area contributed by atoms with Crippen LogP contribution in [0.2, 0.25) is 0 Å². The van der Waals surface area contributed by atoms with E-state index in [2.05, 4.69) is 63.8 Å². The molecule has 3 aliphatic rings. The number of thiocarbonyl (C=S) groups is 1. The molecule has 2 saturated heterocycles. The van der Waals surface area contributed by atoms with Gasteiger partial charge in [-0.3, -0.25) is 0 Å². The minimum atomic E-state index is 0.151. The van der Waals surface area contributed by atoms with Crippen LogP contribution in [0, 0.1) is 0 Å². The van der Waals surface area contributed by atoms with Gasteiger partial charge in [-0.2, -0.15) is 9.97 Å². The molecule has 0 amide bonds. The zero-order chi connectivity index (χ0) is 24.1. The maximum absolute atomic E-state index is 5.76. The smallest absolute Gasteiger partial charge is 0.232 e. The molecule has 1 saturated carbocycles. The van der Waals surface area contributed by atoms with Crippen LogP contribution < -0.4 is 20.4 Å². The van der Waals surface area contributed by atoms with Crippen molar-refractivity contribution in [3.05, 3.63) is 42.0 Å². The monoisotopic (exact) mass is 492 g/mol. The summed E-state index contributed by atoms with van der Waals surface area (Å²) in [5.74, 6) is 2.66. The van der Waals surface area contributed by atoms with Crippen LogP contribution in [0.1, 0.15) is 76.7 Å². The molecule has 2 aliphatic heterocycles. The number of hydrogen-bond acceptors (Lipinski definition) is 5. The summed E-state index contributed by atoms with van der Waals surface area (Å²) < 4.78 is 0. The van der Waals surface area contributed by atoms with Gasteiger partial charge in [-0.1, -0.05) is 43.2 Å². The SMILES string of the molecule is CC1CCCCN1c1cc(N2CCCCC2)nc(NC(=S)NCC2(c3ccccc3)CCCC2)n1. The zero-order valence-electron chi connectivity index (χ0n) is 21.1. The van der Waals surface area contributed by atoms with E-state index in [1.807, 2.05) is 0 Å². The van der Waals surface area contributed by atoms with Gasteiger partial charge in [0.2, 0.25) is 5.95 Å². The molecule has 0 spiro atoms. The standard InChI is InChI=1S/C28H40N6S/c1-22-12-6-11-19-34(22)25-20-24(33-17-9-3-10-18-33)30-26(31-25)32-27(35)29-21-28(15-7-8-16-28)23-13-4-2-5-14-23/h2,4-5,13-14,20,22H,3,6-12,15-19,21H2,1H3,(H2,29,30,31,32,35). The lowest BCUT2D eigenvalue weighted by atomic mass is 9.79. The van der Waals surface area contributed by atoms with Gasteiger partial charge < -0.3 is 20.4 Å². The Bertz CT molecular complexity index is 984. The molecule has 188 valence electrons. The van der Waals surface area contributed by atoms with Crippen LogP contribution in [0.15, 0.2) is 36.4 Å². The van der Waals surface area contributed by atoms with Crippen molar-refractivity contribution in [2.75, 3.05) is 41.3 Å². The minimum absolute atomic E-state index is 0.151. The van der Waals surface area contributed by atoms with Crippen LogP contribution in [0.25, 0.3) is 0 Å². The predicted molar refractivity (Wildman–Crippen MR) is 150 cm³/mol. The van der Waals surface area contributed by atoms with Gasteiger partial charge in [0, 0.05) is 43.7 Å². The maximum atomic E-state index is 5.76. The molecule has 0 bridgehead atoms. The summed E-state index contributed by atoms with van der Waals surface area (Å²) in [6.45, 7) is 6.33. The third-order valence-electron chi connectivity index (χ3n) is 8.24. The highest BCUT2D eigenvalue weighted by Gasteiger charge is 2.35. The van der Waals surface area contributed by atoms with E-state index in [4.69, 9.17) is 22.2 Å². The quantitative estimate of drug-likeness (QED) is 0.506. The van der Waals surface area contributed by atoms with Crippen molar-refractivity contribution in [3.8, 4) is 0 Å². The van der Waals surface area contributed by atoms with Crippen LogP contribution in [-0.4, -0.2) is 47.3 Å². The average molecular weight is 493 g/mol. The molecule has 2 aromatic rings. The van der Waals surface area contributed by atoms with E-state index in [9.17, 15) is 0 Å². The third kappa shape index (κ3) is 5.71. The van der Waals surface area contributed by atoms with Gasteiger partial charge in [0.25, 0.3) is 0 Å². The number of benzene rings is 1. The average Bonchev–Trinajstić information content (AvgIpc) is 3.39. The van der Waals surface area contributed by atoms with Crippen molar-refractivity contribution in [3.63, 3.8) is 0 Å². The Hall–Kier alpha value is -2.41. The van der Waals surface area contributed by atoms with Crippen LogP contribution in [-0.2, 0) is 5.41 Å². The van der Waals surface area contributed by atoms with E-state index in [-0.39, 0.29) is 5.41 Å². The van der Waals surface area contributed by atoms with Crippen LogP contribution in [0.3, 0.4) is 0 Å². The van der Waals surface area contributed by atoms with E-state index in [0.717, 1.165) is 37.8 Å². The van der Waals surface area contributed by atoms with Gasteiger partial charge in [0.15, 0.2) is 5.11 Å². The van der Waals surface area contributed by atoms with Crippen molar-refractivity contribution in [1.82, 2.24) is 15.3 Å². The second-order valence-corrected chi connectivity index (χ2v) is 11.1. The molecule has 6 nitrogen and oxygen atoms in total. The summed E-state index contributed by atoms with van der Waals surface area (Å²) in [5.41, 5.74) is 1.57. The number of aromatic nitrogens is 2. The number of hydrogen-bond donors (Lipinski definition) is 2. The van der Waals surface area contributed by atoms with Gasteiger partial charge in [-0.25, -0.2) is 0 Å². The lowest BCUT2D eigenvalue weighted by Crippen LogP contribution is -2.41. The first-order valence-corrected chi connectivity index (χ1v) is 14.0. The summed E-state index contributed by atoms with van der Waals surface area (Å²) in [6, 6.07) is 13.6. The van der Waals surface area contributed by atoms with Crippen molar-refractivity contribution >= 4 is 34.9 Å². The lowest BCUT2D eigenvalue weighted by molar-refractivity contribution is 0.435. The Morgan fingerprint density at radius 1 is 0.943 bits per heavy atom. The van der Waals surface area contributed by atoms with Gasteiger partial charge in [0.1, 0.15) is 11.6 Å². The highest BCUT2D eigenvalue weighted by atomic mass is 32.1. The summed E-state index contributed by atoms with van der Waals surface area (Å²) in [6.07, 6.45) is 12.4. The van der Waals surface area contributed by atoms with Crippen molar-refractivity contribution in [2.45, 2.75) is 82.6 Å². The molecule has 7 heteroatoms. The third-order valence-corrected chi connectivity index (χ3v) is 8.48. The topological polar surface area (TPSA) is 56.3 Å². The lowest BCUT2D eigenvalue weighted by Gasteiger charge is -2.35. The van der Waals surface area contributed by atoms with Crippen LogP contribution in [0.5, 0.6) is 0 Å². The summed E-state index contributed by atoms with van der Waals surface area (Å²) in [4.78, 5) is 14.7. The largest absolute Gasteiger partial charge is 0.361 e. The number of piperidine rings is 2. The number of nitrogens with one attached hydrogen (secondary N) is 2. The predicted octanol–water partition coefficient (Wildman–Crippen LogP) is 5.64. The van der Waals surface area contributed by atoms with E-state index < -0.39 is 0 Å². The van der Waals surface area contributed by atoms with Gasteiger partial charge in [0.05, 0.1) is 0 Å². The fourth-order valence-electron chi connectivity index (χ4n) is 6.15. The van der Waals surface area contributed by atoms with Crippen LogP contribution >= 0.6 is 12.2 Å². The molecule has 1 unspecified atom stereocenters. The molecule has 1 aliphatic carbocycles. The normalized spacial score (nSPS) is 22.1. The summed E-state index contributed by atoms with van der Waals surface area (Å²) >= 11 is 5.76. The number of rotatable bonds is 6. The molecule has 0 radical (unpaired) electrons. The van der Waals surface area contributed by atoms with Crippen LogP contribution in [0.4, 0.5) is 17.6 Å². The Labute approximate surface area is 215 Å². The second kappa shape index (κ2) is 11.1. The Morgan fingerprint density at radius 3 is 2.40 bits per heavy atom. The van der Waals surface area contributed by atoms with Crippen molar-refractivity contribution in [1.29, 1.82) is 0 Å². The molecular weight excluding hydrogens is 452 g/mol. The van der Waals surface area contributed by atoms with E-state index in [1.54, 1.807) is 0 Å². The molecule has 1 aromatic carbocycles. The first-order valence-electron chi connectivity index (χ1n) is 13.6. The van der Waals surface area contributed by atoms with Crippen molar-refractivity contribution in [2.24, 2.45) is 0 Å². The minimum Gasteiger partial charge on any atom is -0.361 e. The van der Waals surface area contributed by atoms with Gasteiger partial charge in [-0.15, -0.1) is 0 Å². The Morgan fingerprint density at radius 2 is 1.66 bits per heavy atom. The van der Waals surface area contributed by atoms with E-state index in [1.165, 1.54) is 69.8 Å². The molecule has 2 N–H and O–H groups in total. The first kappa shape index (κ1) is 24.3. The number of nitrogens with zero attached hydrogens (tertiary/aromatic N) is 4. The molecule has 3 fully saturated rings. The van der Waals surface area contributed by atoms with E-state index >= 15 is 0 Å². The molecular formula is C28H40N6S. The van der Waals surface area contributed by atoms with Crippen molar-refractivity contribution < 1.29 is 0 Å². The molecule has 35 heavy (non-hydrogen) atoms. The number of anilines is 3. The Kier molecular flexibility index (Phi) is 7.71. The highest BCUT2D eigenvalue weighted by molar-refractivity contribution is 7.80.